The third-order valence-electron chi connectivity index (χ3n) is 0.492. The predicted molar refractivity (Wildman–Crippen MR) is 28.8 cm³/mol. The van der Waals surface area contributed by atoms with Crippen molar-refractivity contribution in [1.82, 2.24) is 0 Å². The molecule has 9 heavy (non-hydrogen) atoms. The molecule has 0 bridgehead atoms. The first-order chi connectivity index (χ1) is 3.71. The minimum absolute atomic E-state index is 0.558. The summed E-state index contributed by atoms with van der Waals surface area (Å²) in [4.78, 5) is 0. The van der Waals surface area contributed by atoms with Gasteiger partial charge in [0.05, 0.1) is 0 Å². The van der Waals surface area contributed by atoms with E-state index in [9.17, 15) is 21.4 Å². The maximum absolute atomic E-state index is 11.2. The molecule has 2 nitrogen and oxygen atoms in total. The third kappa shape index (κ3) is 7.80. The van der Waals surface area contributed by atoms with Gasteiger partial charge in [-0.05, 0) is 0 Å². The zero-order valence-corrected chi connectivity index (χ0v) is 5.46. The van der Waals surface area contributed by atoms with Crippen molar-refractivity contribution in [2.24, 2.45) is 0 Å². The average molecular weight is 161 g/mol. The average Bonchev–Trinajstić information content (AvgIpc) is 1.14. The summed E-state index contributed by atoms with van der Waals surface area (Å²) in [6.07, 6.45) is 0.558. The molecule has 0 aromatic heterocycles. The van der Waals surface area contributed by atoms with Gasteiger partial charge in [-0.25, -0.2) is 8.42 Å². The van der Waals surface area contributed by atoms with Gasteiger partial charge in [-0.1, -0.05) is 0 Å². The molecule has 0 rings (SSSR count). The summed E-state index contributed by atoms with van der Waals surface area (Å²) < 4.78 is 53.6. The molecule has 0 spiro atoms. The molecular formula is C2H5BF3O2S-. The van der Waals surface area contributed by atoms with Crippen LogP contribution in [0, 0.1) is 0 Å². The van der Waals surface area contributed by atoms with Crippen LogP contribution in [-0.2, 0) is 9.84 Å². The van der Waals surface area contributed by atoms with Crippen LogP contribution < -0.4 is 0 Å². The standard InChI is InChI=1S/C2H5BF3O2S/c1-9(7,8)2-3(4,5)6/h2H2,1H3/q-1. The summed E-state index contributed by atoms with van der Waals surface area (Å²) in [5, 5.41) is 0. The summed E-state index contributed by atoms with van der Waals surface area (Å²) in [7, 11) is -3.88. The van der Waals surface area contributed by atoms with E-state index in [0.29, 0.717) is 6.26 Å². The highest BCUT2D eigenvalue weighted by Gasteiger charge is 2.27. The molecule has 7 heteroatoms. The van der Waals surface area contributed by atoms with Gasteiger partial charge in [0.15, 0.2) is 0 Å². The normalized spacial score (nSPS) is 13.8. The minimum Gasteiger partial charge on any atom is -0.448 e. The number of hydrogen-bond acceptors (Lipinski definition) is 2. The van der Waals surface area contributed by atoms with Crippen LogP contribution in [0.1, 0.15) is 0 Å². The summed E-state index contributed by atoms with van der Waals surface area (Å²) in [5.41, 5.74) is -1.67. The van der Waals surface area contributed by atoms with Crippen LogP contribution in [-0.4, -0.2) is 27.3 Å². The lowest BCUT2D eigenvalue weighted by Gasteiger charge is -2.10. The van der Waals surface area contributed by atoms with E-state index >= 15 is 0 Å². The highest BCUT2D eigenvalue weighted by Crippen LogP contribution is 2.09. The van der Waals surface area contributed by atoms with Crippen LogP contribution in [0.4, 0.5) is 12.9 Å². The number of rotatable bonds is 2. The van der Waals surface area contributed by atoms with Crippen molar-refractivity contribution in [2.75, 3.05) is 11.9 Å². The molecule has 0 heterocycles. The molecule has 0 radical (unpaired) electrons. The lowest BCUT2D eigenvalue weighted by Crippen LogP contribution is -2.27. The first-order valence-electron chi connectivity index (χ1n) is 2.09. The Balaban J connectivity index is 4.07. The SMILES string of the molecule is CS(=O)(=O)C[B-](F)(F)F. The maximum atomic E-state index is 11.2. The Kier molecular flexibility index (Phi) is 2.16. The molecule has 0 saturated heterocycles. The van der Waals surface area contributed by atoms with E-state index in [-0.39, 0.29) is 0 Å². The predicted octanol–water partition coefficient (Wildman–Crippen LogP) is 0.418. The molecule has 0 saturated carbocycles. The molecule has 0 unspecified atom stereocenters. The fourth-order valence-electron chi connectivity index (χ4n) is 0.343. The fraction of sp³-hybridized carbons (Fsp3) is 1.00. The second kappa shape index (κ2) is 2.20. The van der Waals surface area contributed by atoms with Gasteiger partial charge in [-0.3, -0.25) is 0 Å². The van der Waals surface area contributed by atoms with Gasteiger partial charge in [0.1, 0.15) is 9.84 Å². The summed E-state index contributed by atoms with van der Waals surface area (Å²) in [6, 6.07) is 0. The van der Waals surface area contributed by atoms with Gasteiger partial charge >= 0.3 is 6.98 Å². The van der Waals surface area contributed by atoms with E-state index in [0.717, 1.165) is 0 Å². The summed E-state index contributed by atoms with van der Waals surface area (Å²) in [6.45, 7) is -5.18. The van der Waals surface area contributed by atoms with Gasteiger partial charge in [0, 0.05) is 11.9 Å². The topological polar surface area (TPSA) is 34.1 Å². The van der Waals surface area contributed by atoms with Crippen molar-refractivity contribution < 1.29 is 21.4 Å². The number of sulfone groups is 1. The van der Waals surface area contributed by atoms with Crippen molar-refractivity contribution >= 4 is 16.8 Å². The smallest absolute Gasteiger partial charge is 0.448 e. The van der Waals surface area contributed by atoms with E-state index in [1.165, 1.54) is 0 Å². The number of hydrogen-bond donors (Lipinski definition) is 0. The van der Waals surface area contributed by atoms with Crippen LogP contribution in [0.5, 0.6) is 0 Å². The second-order valence-electron chi connectivity index (χ2n) is 1.80. The molecule has 0 amide bonds. The Morgan fingerprint density at radius 1 is 1.33 bits per heavy atom. The Morgan fingerprint density at radius 2 is 1.67 bits per heavy atom. The number of halogens is 3. The van der Waals surface area contributed by atoms with Crippen LogP contribution >= 0.6 is 0 Å². The lowest BCUT2D eigenvalue weighted by molar-refractivity contribution is 0.481. The van der Waals surface area contributed by atoms with Crippen molar-refractivity contribution in [3.05, 3.63) is 0 Å². The van der Waals surface area contributed by atoms with Gasteiger partial charge in [-0.2, -0.15) is 0 Å². The van der Waals surface area contributed by atoms with E-state index in [1.807, 2.05) is 0 Å². The van der Waals surface area contributed by atoms with Gasteiger partial charge in [0.2, 0.25) is 0 Å². The van der Waals surface area contributed by atoms with Crippen LogP contribution in [0.3, 0.4) is 0 Å². The van der Waals surface area contributed by atoms with Crippen LogP contribution in [0.2, 0.25) is 0 Å². The molecule has 0 aliphatic carbocycles. The second-order valence-corrected chi connectivity index (χ2v) is 3.99. The fourth-order valence-corrected chi connectivity index (χ4v) is 1.03. The maximum Gasteiger partial charge on any atom is 0.493 e. The minimum atomic E-state index is -5.18. The van der Waals surface area contributed by atoms with Gasteiger partial charge in [-0.15, -0.1) is 0 Å². The van der Waals surface area contributed by atoms with E-state index in [1.54, 1.807) is 0 Å². The molecule has 0 fully saturated rings. The Morgan fingerprint density at radius 3 is 1.67 bits per heavy atom. The first-order valence-corrected chi connectivity index (χ1v) is 4.15. The van der Waals surface area contributed by atoms with Crippen molar-refractivity contribution in [3.8, 4) is 0 Å². The summed E-state index contributed by atoms with van der Waals surface area (Å²) in [5.74, 6) is 0. The molecular weight excluding hydrogens is 156 g/mol. The Bertz CT molecular complexity index is 180. The largest absolute Gasteiger partial charge is 0.493 e. The lowest BCUT2D eigenvalue weighted by atomic mass is 9.98. The summed E-state index contributed by atoms with van der Waals surface area (Å²) >= 11 is 0. The molecule has 0 aliphatic rings. The van der Waals surface area contributed by atoms with E-state index in [2.05, 4.69) is 0 Å². The van der Waals surface area contributed by atoms with E-state index in [4.69, 9.17) is 0 Å². The third-order valence-corrected chi connectivity index (χ3v) is 1.48. The highest BCUT2D eigenvalue weighted by atomic mass is 32.2. The van der Waals surface area contributed by atoms with Crippen molar-refractivity contribution in [2.45, 2.75) is 0 Å². The quantitative estimate of drug-likeness (QED) is 0.549. The van der Waals surface area contributed by atoms with Gasteiger partial charge in [0.25, 0.3) is 0 Å². The van der Waals surface area contributed by atoms with Crippen LogP contribution in [0.15, 0.2) is 0 Å². The Hall–Kier alpha value is -0.195. The van der Waals surface area contributed by atoms with Gasteiger partial charge < -0.3 is 12.9 Å². The molecule has 0 N–H and O–H groups in total. The first kappa shape index (κ1) is 8.80. The molecule has 0 aliphatic heterocycles. The monoisotopic (exact) mass is 161 g/mol. The zero-order valence-electron chi connectivity index (χ0n) is 4.64. The highest BCUT2D eigenvalue weighted by molar-refractivity contribution is 7.92. The molecule has 56 valence electrons. The zero-order chi connectivity index (χ0) is 7.71. The molecule has 0 atom stereocenters. The van der Waals surface area contributed by atoms with Crippen molar-refractivity contribution in [3.63, 3.8) is 0 Å². The Labute approximate surface area is 51.0 Å². The van der Waals surface area contributed by atoms with E-state index < -0.39 is 22.5 Å². The molecule has 0 aromatic rings. The van der Waals surface area contributed by atoms with Crippen molar-refractivity contribution in [1.29, 1.82) is 0 Å². The van der Waals surface area contributed by atoms with Crippen LogP contribution in [0.25, 0.3) is 0 Å². The molecule has 0 aromatic carbocycles.